The van der Waals surface area contributed by atoms with Crippen molar-refractivity contribution in [3.63, 3.8) is 0 Å². The summed E-state index contributed by atoms with van der Waals surface area (Å²) in [6, 6.07) is 7.92. The van der Waals surface area contributed by atoms with Crippen molar-refractivity contribution in [2.75, 3.05) is 5.43 Å². The van der Waals surface area contributed by atoms with Crippen LogP contribution in [0.5, 0.6) is 0 Å². The number of aromatic nitrogens is 2. The second-order valence-corrected chi connectivity index (χ2v) is 4.71. The van der Waals surface area contributed by atoms with Crippen LogP contribution in [0.25, 0.3) is 0 Å². The fourth-order valence-corrected chi connectivity index (χ4v) is 1.96. The Hall–Kier alpha value is -3.03. The highest BCUT2D eigenvalue weighted by atomic mass is 16.6. The van der Waals surface area contributed by atoms with E-state index in [1.165, 1.54) is 6.07 Å². The Balaban J connectivity index is 2.00. The van der Waals surface area contributed by atoms with Gasteiger partial charge in [0.15, 0.2) is 0 Å². The van der Waals surface area contributed by atoms with Crippen LogP contribution >= 0.6 is 0 Å². The quantitative estimate of drug-likeness (QED) is 0.642. The first-order chi connectivity index (χ1) is 10.5. The van der Waals surface area contributed by atoms with Crippen LogP contribution in [0.1, 0.15) is 17.0 Å². The molecule has 1 aromatic heterocycles. The Kier molecular flexibility index (Phi) is 4.62. The molecule has 22 heavy (non-hydrogen) atoms. The van der Waals surface area contributed by atoms with Crippen LogP contribution in [0.4, 0.5) is 11.6 Å². The average molecular weight is 301 g/mol. The molecule has 1 heterocycles. The smallest absolute Gasteiger partial charge is 0.273 e. The number of hydrogen-bond acceptors (Lipinski definition) is 6. The van der Waals surface area contributed by atoms with Crippen LogP contribution in [0.2, 0.25) is 0 Å². The van der Waals surface area contributed by atoms with Gasteiger partial charge in [0.1, 0.15) is 0 Å². The Morgan fingerprint density at radius 2 is 1.86 bits per heavy atom. The predicted molar refractivity (Wildman–Crippen MR) is 80.1 cm³/mol. The Morgan fingerprint density at radius 3 is 2.50 bits per heavy atom. The molecule has 0 unspecified atom stereocenters. The molecule has 2 rings (SSSR count). The van der Waals surface area contributed by atoms with E-state index in [0.29, 0.717) is 5.56 Å². The number of anilines is 1. The molecule has 114 valence electrons. The first-order valence-corrected chi connectivity index (χ1v) is 6.55. The molecule has 0 saturated carbocycles. The molecule has 0 spiro atoms. The summed E-state index contributed by atoms with van der Waals surface area (Å²) in [6.07, 6.45) is -0.116. The van der Waals surface area contributed by atoms with Gasteiger partial charge in [-0.1, -0.05) is 18.2 Å². The van der Waals surface area contributed by atoms with E-state index in [1.807, 2.05) is 13.8 Å². The van der Waals surface area contributed by atoms with Crippen molar-refractivity contribution in [3.8, 4) is 0 Å². The van der Waals surface area contributed by atoms with Gasteiger partial charge < -0.3 is 0 Å². The third kappa shape index (κ3) is 3.98. The largest absolute Gasteiger partial charge is 0.273 e. The van der Waals surface area contributed by atoms with Crippen molar-refractivity contribution in [1.82, 2.24) is 15.4 Å². The van der Waals surface area contributed by atoms with Crippen molar-refractivity contribution in [2.24, 2.45) is 0 Å². The van der Waals surface area contributed by atoms with Gasteiger partial charge in [0, 0.05) is 23.0 Å². The maximum atomic E-state index is 11.9. The number of para-hydroxylation sites is 1. The molecule has 0 radical (unpaired) electrons. The number of nitrogens with one attached hydrogen (secondary N) is 2. The third-order valence-electron chi connectivity index (χ3n) is 2.84. The number of nitro groups is 1. The van der Waals surface area contributed by atoms with Crippen LogP contribution < -0.4 is 10.9 Å². The molecule has 0 aliphatic carbocycles. The summed E-state index contributed by atoms with van der Waals surface area (Å²) in [5.41, 5.74) is 6.83. The van der Waals surface area contributed by atoms with Crippen LogP contribution in [0, 0.1) is 24.0 Å². The number of hydrazine groups is 1. The number of aryl methyl sites for hydroxylation is 2. The van der Waals surface area contributed by atoms with Gasteiger partial charge in [-0.25, -0.2) is 9.97 Å². The summed E-state index contributed by atoms with van der Waals surface area (Å²) >= 11 is 0. The minimum absolute atomic E-state index is 0.0831. The average Bonchev–Trinajstić information content (AvgIpc) is 2.44. The number of carbonyl (C=O) groups is 1. The molecule has 1 aromatic carbocycles. The minimum Gasteiger partial charge on any atom is -0.273 e. The van der Waals surface area contributed by atoms with E-state index in [1.54, 1.807) is 24.3 Å². The van der Waals surface area contributed by atoms with Crippen molar-refractivity contribution in [2.45, 2.75) is 20.3 Å². The highest BCUT2D eigenvalue weighted by Gasteiger charge is 2.15. The van der Waals surface area contributed by atoms with Crippen molar-refractivity contribution in [3.05, 3.63) is 57.4 Å². The van der Waals surface area contributed by atoms with Gasteiger partial charge in [0.05, 0.1) is 11.3 Å². The van der Waals surface area contributed by atoms with Crippen LogP contribution in [0.3, 0.4) is 0 Å². The lowest BCUT2D eigenvalue weighted by Gasteiger charge is -2.08. The second-order valence-electron chi connectivity index (χ2n) is 4.71. The Bertz CT molecular complexity index is 697. The van der Waals surface area contributed by atoms with Gasteiger partial charge in [0.2, 0.25) is 11.9 Å². The maximum Gasteiger partial charge on any atom is 0.273 e. The van der Waals surface area contributed by atoms with Gasteiger partial charge in [-0.3, -0.25) is 25.8 Å². The predicted octanol–water partition coefficient (Wildman–Crippen LogP) is 1.69. The molecule has 8 heteroatoms. The van der Waals surface area contributed by atoms with E-state index in [2.05, 4.69) is 20.8 Å². The second kappa shape index (κ2) is 6.61. The standard InChI is InChI=1S/C14H15N5O3/c1-9-7-10(2)16-14(15-9)18-17-13(20)8-11-5-3-4-6-12(11)19(21)22/h3-7H,8H2,1-2H3,(H,17,20)(H,15,16,18). The summed E-state index contributed by atoms with van der Waals surface area (Å²) in [5, 5.41) is 10.9. The molecule has 2 N–H and O–H groups in total. The molecule has 2 aromatic rings. The van der Waals surface area contributed by atoms with Crippen molar-refractivity contribution < 1.29 is 9.72 Å². The molecule has 0 bridgehead atoms. The lowest BCUT2D eigenvalue weighted by Crippen LogP contribution is -2.32. The molecule has 0 aliphatic rings. The van der Waals surface area contributed by atoms with Crippen LogP contribution in [-0.2, 0) is 11.2 Å². The maximum absolute atomic E-state index is 11.9. The lowest BCUT2D eigenvalue weighted by molar-refractivity contribution is -0.385. The van der Waals surface area contributed by atoms with Gasteiger partial charge in [0.25, 0.3) is 5.69 Å². The van der Waals surface area contributed by atoms with E-state index in [0.717, 1.165) is 11.4 Å². The SMILES string of the molecule is Cc1cc(C)nc(NNC(=O)Cc2ccccc2[N+](=O)[O-])n1. The zero-order chi connectivity index (χ0) is 16.1. The number of nitro benzene ring substituents is 1. The van der Waals surface area contributed by atoms with Crippen molar-refractivity contribution in [1.29, 1.82) is 0 Å². The van der Waals surface area contributed by atoms with E-state index >= 15 is 0 Å². The Labute approximate surface area is 126 Å². The minimum atomic E-state index is -0.511. The molecule has 0 atom stereocenters. The summed E-state index contributed by atoms with van der Waals surface area (Å²) in [7, 11) is 0. The molecule has 0 fully saturated rings. The topological polar surface area (TPSA) is 110 Å². The third-order valence-corrected chi connectivity index (χ3v) is 2.84. The molecule has 8 nitrogen and oxygen atoms in total. The summed E-state index contributed by atoms with van der Waals surface area (Å²) < 4.78 is 0. The van der Waals surface area contributed by atoms with Gasteiger partial charge in [-0.15, -0.1) is 0 Å². The first-order valence-electron chi connectivity index (χ1n) is 6.55. The highest BCUT2D eigenvalue weighted by molar-refractivity contribution is 5.80. The van der Waals surface area contributed by atoms with Crippen LogP contribution in [0.15, 0.2) is 30.3 Å². The van der Waals surface area contributed by atoms with E-state index in [9.17, 15) is 14.9 Å². The fourth-order valence-electron chi connectivity index (χ4n) is 1.96. The van der Waals surface area contributed by atoms with Gasteiger partial charge >= 0.3 is 0 Å². The van der Waals surface area contributed by atoms with E-state index < -0.39 is 10.8 Å². The van der Waals surface area contributed by atoms with E-state index in [-0.39, 0.29) is 18.1 Å². The summed E-state index contributed by atoms with van der Waals surface area (Å²) in [5.74, 6) is -0.148. The summed E-state index contributed by atoms with van der Waals surface area (Å²) in [6.45, 7) is 3.63. The number of hydrogen-bond donors (Lipinski definition) is 2. The number of amides is 1. The lowest BCUT2D eigenvalue weighted by atomic mass is 10.1. The number of rotatable bonds is 5. The number of benzene rings is 1. The van der Waals surface area contributed by atoms with Crippen LogP contribution in [-0.4, -0.2) is 20.8 Å². The molecule has 1 amide bonds. The number of nitrogens with zero attached hydrogens (tertiary/aromatic N) is 3. The zero-order valence-electron chi connectivity index (χ0n) is 12.2. The Morgan fingerprint density at radius 1 is 1.23 bits per heavy atom. The van der Waals surface area contributed by atoms with Crippen molar-refractivity contribution >= 4 is 17.5 Å². The highest BCUT2D eigenvalue weighted by Crippen LogP contribution is 2.17. The summed E-state index contributed by atoms with van der Waals surface area (Å²) in [4.78, 5) is 30.5. The molecule has 0 aliphatic heterocycles. The van der Waals surface area contributed by atoms with Gasteiger partial charge in [-0.05, 0) is 19.9 Å². The first kappa shape index (κ1) is 15.4. The molecule has 0 saturated heterocycles. The normalized spacial score (nSPS) is 10.1. The molecular formula is C14H15N5O3. The van der Waals surface area contributed by atoms with E-state index in [4.69, 9.17) is 0 Å². The molecular weight excluding hydrogens is 286 g/mol. The monoisotopic (exact) mass is 301 g/mol. The number of carbonyl (C=O) groups excluding carboxylic acids is 1. The zero-order valence-corrected chi connectivity index (χ0v) is 12.2. The van der Waals surface area contributed by atoms with Gasteiger partial charge in [-0.2, -0.15) is 0 Å². The fraction of sp³-hybridized carbons (Fsp3) is 0.214.